The minimum Gasteiger partial charge on any atom is -0.385 e. The van der Waals surface area contributed by atoms with E-state index >= 15 is 0 Å². The van der Waals surface area contributed by atoms with Crippen molar-refractivity contribution in [2.24, 2.45) is 5.92 Å². The van der Waals surface area contributed by atoms with Crippen LogP contribution in [0.3, 0.4) is 0 Å². The summed E-state index contributed by atoms with van der Waals surface area (Å²) in [5.74, 6) is 0.474. The number of hydrogen-bond acceptors (Lipinski definition) is 2. The zero-order chi connectivity index (χ0) is 14.3. The summed E-state index contributed by atoms with van der Waals surface area (Å²) in [5.41, 5.74) is 1.79. The molecule has 0 aliphatic carbocycles. The van der Waals surface area contributed by atoms with E-state index in [0.717, 1.165) is 30.6 Å². The summed E-state index contributed by atoms with van der Waals surface area (Å²) in [5, 5.41) is 6.38. The van der Waals surface area contributed by atoms with Crippen molar-refractivity contribution in [1.82, 2.24) is 5.32 Å². The molecule has 1 rings (SSSR count). The van der Waals surface area contributed by atoms with E-state index in [1.54, 1.807) is 0 Å². The SMILES string of the molecule is CCCNc1ccc(C(=O)NC(CC)C(C)C)cc1. The molecule has 1 unspecified atom stereocenters. The van der Waals surface area contributed by atoms with Crippen molar-refractivity contribution in [1.29, 1.82) is 0 Å². The van der Waals surface area contributed by atoms with E-state index in [1.165, 1.54) is 0 Å². The van der Waals surface area contributed by atoms with E-state index in [4.69, 9.17) is 0 Å². The van der Waals surface area contributed by atoms with Crippen molar-refractivity contribution in [3.8, 4) is 0 Å². The van der Waals surface area contributed by atoms with E-state index in [9.17, 15) is 4.79 Å². The van der Waals surface area contributed by atoms with Crippen LogP contribution in [0.1, 0.15) is 50.9 Å². The summed E-state index contributed by atoms with van der Waals surface area (Å²) in [6, 6.07) is 7.91. The minimum absolute atomic E-state index is 0.0163. The summed E-state index contributed by atoms with van der Waals surface area (Å²) < 4.78 is 0. The molecular formula is C16H26N2O. The third kappa shape index (κ3) is 4.93. The van der Waals surface area contributed by atoms with Crippen molar-refractivity contribution in [2.45, 2.75) is 46.6 Å². The molecule has 106 valence electrons. The molecule has 0 radical (unpaired) electrons. The molecule has 3 nitrogen and oxygen atoms in total. The molecule has 1 aromatic carbocycles. The van der Waals surface area contributed by atoms with Gasteiger partial charge >= 0.3 is 0 Å². The molecule has 0 heterocycles. The van der Waals surface area contributed by atoms with Crippen LogP contribution in [0, 0.1) is 5.92 Å². The summed E-state index contributed by atoms with van der Waals surface area (Å²) in [6.07, 6.45) is 2.05. The Morgan fingerprint density at radius 3 is 2.26 bits per heavy atom. The molecule has 0 aromatic heterocycles. The van der Waals surface area contributed by atoms with E-state index < -0.39 is 0 Å². The van der Waals surface area contributed by atoms with Crippen molar-refractivity contribution in [3.05, 3.63) is 29.8 Å². The van der Waals surface area contributed by atoms with E-state index in [0.29, 0.717) is 5.92 Å². The Hall–Kier alpha value is -1.51. The fourth-order valence-corrected chi connectivity index (χ4v) is 2.00. The number of anilines is 1. The third-order valence-electron chi connectivity index (χ3n) is 3.29. The van der Waals surface area contributed by atoms with Crippen LogP contribution in [0.25, 0.3) is 0 Å². The van der Waals surface area contributed by atoms with Gasteiger partial charge < -0.3 is 10.6 Å². The maximum absolute atomic E-state index is 12.1. The summed E-state index contributed by atoms with van der Waals surface area (Å²) in [6.45, 7) is 9.45. The van der Waals surface area contributed by atoms with Gasteiger partial charge in [0.2, 0.25) is 0 Å². The van der Waals surface area contributed by atoms with Crippen LogP contribution >= 0.6 is 0 Å². The quantitative estimate of drug-likeness (QED) is 0.787. The van der Waals surface area contributed by atoms with Crippen molar-refractivity contribution >= 4 is 11.6 Å². The van der Waals surface area contributed by atoms with E-state index in [2.05, 4.69) is 38.3 Å². The normalized spacial score (nSPS) is 12.3. The van der Waals surface area contributed by atoms with Gasteiger partial charge in [-0.2, -0.15) is 0 Å². The highest BCUT2D eigenvalue weighted by Crippen LogP contribution is 2.11. The number of amides is 1. The molecule has 3 heteroatoms. The van der Waals surface area contributed by atoms with E-state index in [-0.39, 0.29) is 11.9 Å². The zero-order valence-electron chi connectivity index (χ0n) is 12.5. The number of hydrogen-bond donors (Lipinski definition) is 2. The Balaban J connectivity index is 2.62. The maximum atomic E-state index is 12.1. The Bertz CT molecular complexity index is 384. The van der Waals surface area contributed by atoms with Crippen molar-refractivity contribution in [2.75, 3.05) is 11.9 Å². The second kappa shape index (κ2) is 7.82. The van der Waals surface area contributed by atoms with Gasteiger partial charge in [-0.05, 0) is 43.0 Å². The first-order chi connectivity index (χ1) is 9.08. The highest BCUT2D eigenvalue weighted by Gasteiger charge is 2.14. The molecule has 0 fully saturated rings. The maximum Gasteiger partial charge on any atom is 0.251 e. The minimum atomic E-state index is 0.0163. The molecule has 0 saturated carbocycles. The van der Waals surface area contributed by atoms with Gasteiger partial charge in [0.05, 0.1) is 0 Å². The number of nitrogens with one attached hydrogen (secondary N) is 2. The lowest BCUT2D eigenvalue weighted by Gasteiger charge is -2.20. The lowest BCUT2D eigenvalue weighted by Crippen LogP contribution is -2.37. The smallest absolute Gasteiger partial charge is 0.251 e. The average Bonchev–Trinajstić information content (AvgIpc) is 2.42. The second-order valence-corrected chi connectivity index (χ2v) is 5.24. The van der Waals surface area contributed by atoms with Crippen LogP contribution in [0.4, 0.5) is 5.69 Å². The summed E-state index contributed by atoms with van der Waals surface area (Å²) >= 11 is 0. The van der Waals surface area contributed by atoms with Crippen LogP contribution in [-0.4, -0.2) is 18.5 Å². The lowest BCUT2D eigenvalue weighted by atomic mass is 10.0. The molecule has 19 heavy (non-hydrogen) atoms. The number of benzene rings is 1. The number of carbonyl (C=O) groups excluding carboxylic acids is 1. The molecule has 1 atom stereocenters. The van der Waals surface area contributed by atoms with Gasteiger partial charge in [-0.25, -0.2) is 0 Å². The van der Waals surface area contributed by atoms with Crippen LogP contribution < -0.4 is 10.6 Å². The Morgan fingerprint density at radius 2 is 1.79 bits per heavy atom. The molecule has 1 amide bonds. The Morgan fingerprint density at radius 1 is 1.16 bits per heavy atom. The predicted octanol–water partition coefficient (Wildman–Crippen LogP) is 3.67. The first kappa shape index (κ1) is 15.5. The average molecular weight is 262 g/mol. The van der Waals surface area contributed by atoms with Gasteiger partial charge in [-0.15, -0.1) is 0 Å². The van der Waals surface area contributed by atoms with Crippen LogP contribution in [0.2, 0.25) is 0 Å². The zero-order valence-corrected chi connectivity index (χ0v) is 12.5. The van der Waals surface area contributed by atoms with Gasteiger partial charge in [0.25, 0.3) is 5.91 Å². The van der Waals surface area contributed by atoms with Gasteiger partial charge in [0, 0.05) is 23.8 Å². The predicted molar refractivity (Wildman–Crippen MR) is 81.6 cm³/mol. The largest absolute Gasteiger partial charge is 0.385 e. The number of rotatable bonds is 7. The fourth-order valence-electron chi connectivity index (χ4n) is 2.00. The van der Waals surface area contributed by atoms with Crippen LogP contribution in [0.5, 0.6) is 0 Å². The van der Waals surface area contributed by atoms with Crippen LogP contribution in [-0.2, 0) is 0 Å². The van der Waals surface area contributed by atoms with Crippen molar-refractivity contribution < 1.29 is 4.79 Å². The van der Waals surface area contributed by atoms with Crippen LogP contribution in [0.15, 0.2) is 24.3 Å². The van der Waals surface area contributed by atoms with Gasteiger partial charge in [0.15, 0.2) is 0 Å². The summed E-state index contributed by atoms with van der Waals surface area (Å²) in [7, 11) is 0. The van der Waals surface area contributed by atoms with Gasteiger partial charge in [-0.3, -0.25) is 4.79 Å². The fraction of sp³-hybridized carbons (Fsp3) is 0.562. The second-order valence-electron chi connectivity index (χ2n) is 5.24. The molecule has 0 aliphatic rings. The molecule has 0 bridgehead atoms. The first-order valence-electron chi connectivity index (χ1n) is 7.23. The Labute approximate surface area is 116 Å². The highest BCUT2D eigenvalue weighted by atomic mass is 16.1. The molecular weight excluding hydrogens is 236 g/mol. The molecule has 0 aliphatic heterocycles. The lowest BCUT2D eigenvalue weighted by molar-refractivity contribution is 0.0924. The van der Waals surface area contributed by atoms with Crippen molar-refractivity contribution in [3.63, 3.8) is 0 Å². The molecule has 0 saturated heterocycles. The standard InChI is InChI=1S/C16H26N2O/c1-5-11-17-14-9-7-13(8-10-14)16(19)18-15(6-2)12(3)4/h7-10,12,15,17H,5-6,11H2,1-4H3,(H,18,19). The molecule has 0 spiro atoms. The monoisotopic (exact) mass is 262 g/mol. The topological polar surface area (TPSA) is 41.1 Å². The Kier molecular flexibility index (Phi) is 6.40. The third-order valence-corrected chi connectivity index (χ3v) is 3.29. The van der Waals surface area contributed by atoms with Gasteiger partial charge in [-0.1, -0.05) is 27.7 Å². The first-order valence-corrected chi connectivity index (χ1v) is 7.23. The molecule has 2 N–H and O–H groups in total. The molecule has 1 aromatic rings. The van der Waals surface area contributed by atoms with Gasteiger partial charge in [0.1, 0.15) is 0 Å². The van der Waals surface area contributed by atoms with E-state index in [1.807, 2.05) is 24.3 Å². The summed E-state index contributed by atoms with van der Waals surface area (Å²) in [4.78, 5) is 12.1. The number of carbonyl (C=O) groups is 1. The highest BCUT2D eigenvalue weighted by molar-refractivity contribution is 5.94.